The highest BCUT2D eigenvalue weighted by Crippen LogP contribution is 2.28. The molecule has 0 saturated carbocycles. The second kappa shape index (κ2) is 7.57. The van der Waals surface area contributed by atoms with E-state index in [1.165, 1.54) is 34.6 Å². The van der Waals surface area contributed by atoms with Crippen molar-refractivity contribution in [1.82, 2.24) is 10.2 Å². The molecule has 3 aromatic rings. The Balaban J connectivity index is 1.51. The van der Waals surface area contributed by atoms with Crippen LogP contribution in [0.2, 0.25) is 0 Å². The maximum atomic E-state index is 12.9. The summed E-state index contributed by atoms with van der Waals surface area (Å²) >= 11 is 3.21. The number of aromatic nitrogens is 2. The fraction of sp³-hybridized carbons (Fsp3) is 0.176. The lowest BCUT2D eigenvalue weighted by molar-refractivity contribution is 0.627. The molecule has 0 atom stereocenters. The van der Waals surface area contributed by atoms with Crippen LogP contribution >= 0.6 is 23.1 Å². The van der Waals surface area contributed by atoms with Crippen LogP contribution in [0.1, 0.15) is 16.7 Å². The maximum absolute atomic E-state index is 12.9. The molecule has 0 radical (unpaired) electrons. The number of rotatable bonds is 6. The van der Waals surface area contributed by atoms with E-state index in [1.54, 1.807) is 23.9 Å². The van der Waals surface area contributed by atoms with E-state index in [1.807, 2.05) is 0 Å². The van der Waals surface area contributed by atoms with E-state index in [4.69, 9.17) is 0 Å². The number of hydrogen-bond donors (Lipinski definition) is 1. The predicted octanol–water partition coefficient (Wildman–Crippen LogP) is 4.89. The molecule has 0 amide bonds. The predicted molar refractivity (Wildman–Crippen MR) is 94.4 cm³/mol. The Bertz CT molecular complexity index is 690. The molecule has 2 aromatic carbocycles. The Morgan fingerprint density at radius 3 is 2.43 bits per heavy atom. The van der Waals surface area contributed by atoms with Gasteiger partial charge in [0, 0.05) is 12.3 Å². The molecule has 1 N–H and O–H groups in total. The first-order valence-corrected chi connectivity index (χ1v) is 8.99. The second-order valence-corrected chi connectivity index (χ2v) is 7.33. The van der Waals surface area contributed by atoms with Crippen molar-refractivity contribution in [2.45, 2.75) is 23.6 Å². The minimum Gasteiger partial charge on any atom is -0.356 e. The summed E-state index contributed by atoms with van der Waals surface area (Å²) in [4.78, 5) is 0. The molecule has 0 fully saturated rings. The summed E-state index contributed by atoms with van der Waals surface area (Å²) in [6, 6.07) is 14.9. The van der Waals surface area contributed by atoms with Gasteiger partial charge >= 0.3 is 0 Å². The van der Waals surface area contributed by atoms with Crippen molar-refractivity contribution in [2.75, 3.05) is 5.32 Å². The van der Waals surface area contributed by atoms with Crippen LogP contribution in [-0.4, -0.2) is 10.2 Å². The summed E-state index contributed by atoms with van der Waals surface area (Å²) in [5.41, 5.74) is 3.55. The van der Waals surface area contributed by atoms with Crippen LogP contribution in [0.25, 0.3) is 0 Å². The molecule has 0 unspecified atom stereocenters. The third-order valence-electron chi connectivity index (χ3n) is 3.25. The Morgan fingerprint density at radius 2 is 1.70 bits per heavy atom. The molecule has 1 heterocycles. The van der Waals surface area contributed by atoms with Crippen molar-refractivity contribution in [3.05, 3.63) is 71.0 Å². The number of hydrogen-bond acceptors (Lipinski definition) is 5. The van der Waals surface area contributed by atoms with E-state index in [2.05, 4.69) is 46.7 Å². The van der Waals surface area contributed by atoms with Crippen LogP contribution in [0, 0.1) is 12.7 Å². The molecule has 0 aliphatic carbocycles. The maximum Gasteiger partial charge on any atom is 0.206 e. The molecule has 23 heavy (non-hydrogen) atoms. The van der Waals surface area contributed by atoms with Crippen LogP contribution < -0.4 is 5.32 Å². The van der Waals surface area contributed by atoms with Crippen LogP contribution in [0.3, 0.4) is 0 Å². The number of anilines is 1. The van der Waals surface area contributed by atoms with E-state index in [-0.39, 0.29) is 5.82 Å². The second-order valence-electron chi connectivity index (χ2n) is 5.13. The van der Waals surface area contributed by atoms with E-state index in [0.717, 1.165) is 20.8 Å². The number of thioether (sulfide) groups is 1. The number of nitrogens with zero attached hydrogens (tertiary/aromatic N) is 2. The highest BCUT2D eigenvalue weighted by Gasteiger charge is 2.05. The van der Waals surface area contributed by atoms with Crippen molar-refractivity contribution in [1.29, 1.82) is 0 Å². The highest BCUT2D eigenvalue weighted by atomic mass is 32.2. The summed E-state index contributed by atoms with van der Waals surface area (Å²) in [7, 11) is 0. The first-order valence-electron chi connectivity index (χ1n) is 7.19. The smallest absolute Gasteiger partial charge is 0.206 e. The van der Waals surface area contributed by atoms with Gasteiger partial charge in [0.05, 0.1) is 0 Å². The molecule has 0 aliphatic heterocycles. The SMILES string of the molecule is Cc1ccc(CSc2nnc(NCc3ccc(F)cc3)s2)cc1. The minimum atomic E-state index is -0.223. The Kier molecular flexibility index (Phi) is 5.25. The van der Waals surface area contributed by atoms with Gasteiger partial charge in [-0.3, -0.25) is 0 Å². The fourth-order valence-corrected chi connectivity index (χ4v) is 3.65. The van der Waals surface area contributed by atoms with E-state index < -0.39 is 0 Å². The van der Waals surface area contributed by atoms with Gasteiger partial charge in [-0.15, -0.1) is 10.2 Å². The summed E-state index contributed by atoms with van der Waals surface area (Å²) in [5.74, 6) is 0.659. The van der Waals surface area contributed by atoms with Gasteiger partial charge in [-0.25, -0.2) is 4.39 Å². The molecule has 0 spiro atoms. The zero-order valence-corrected chi connectivity index (χ0v) is 14.3. The molecule has 1 aromatic heterocycles. The van der Waals surface area contributed by atoms with Crippen LogP contribution in [0.15, 0.2) is 52.9 Å². The molecule has 0 saturated heterocycles. The molecular formula is C17H16FN3S2. The summed E-state index contributed by atoms with van der Waals surface area (Å²) in [6.45, 7) is 2.69. The van der Waals surface area contributed by atoms with Crippen LogP contribution in [0.5, 0.6) is 0 Å². The summed E-state index contributed by atoms with van der Waals surface area (Å²) in [5, 5.41) is 12.3. The van der Waals surface area contributed by atoms with Gasteiger partial charge in [-0.05, 0) is 30.2 Å². The van der Waals surface area contributed by atoms with Crippen molar-refractivity contribution in [2.24, 2.45) is 0 Å². The molecule has 3 nitrogen and oxygen atoms in total. The van der Waals surface area contributed by atoms with E-state index in [0.29, 0.717) is 6.54 Å². The quantitative estimate of drug-likeness (QED) is 0.646. The molecular weight excluding hydrogens is 329 g/mol. The first kappa shape index (κ1) is 16.0. The summed E-state index contributed by atoms with van der Waals surface area (Å²) < 4.78 is 13.8. The zero-order chi connectivity index (χ0) is 16.1. The van der Waals surface area contributed by atoms with E-state index in [9.17, 15) is 4.39 Å². The first-order chi connectivity index (χ1) is 11.2. The van der Waals surface area contributed by atoms with Crippen molar-refractivity contribution in [3.8, 4) is 0 Å². The lowest BCUT2D eigenvalue weighted by Crippen LogP contribution is -1.98. The molecule has 6 heteroatoms. The lowest BCUT2D eigenvalue weighted by Gasteiger charge is -2.01. The fourth-order valence-electron chi connectivity index (χ4n) is 1.95. The Hall–Kier alpha value is -1.92. The van der Waals surface area contributed by atoms with Gasteiger partial charge in [0.1, 0.15) is 5.82 Å². The summed E-state index contributed by atoms with van der Waals surface area (Å²) in [6.07, 6.45) is 0. The van der Waals surface area contributed by atoms with Gasteiger partial charge in [0.15, 0.2) is 4.34 Å². The third kappa shape index (κ3) is 4.77. The largest absolute Gasteiger partial charge is 0.356 e. The zero-order valence-electron chi connectivity index (χ0n) is 12.6. The van der Waals surface area contributed by atoms with Crippen LogP contribution in [-0.2, 0) is 12.3 Å². The Labute approximate surface area is 143 Å². The van der Waals surface area contributed by atoms with Crippen molar-refractivity contribution >= 4 is 28.2 Å². The Morgan fingerprint density at radius 1 is 1.00 bits per heavy atom. The molecule has 0 bridgehead atoms. The normalized spacial score (nSPS) is 10.7. The monoisotopic (exact) mass is 345 g/mol. The number of aryl methyl sites for hydroxylation is 1. The highest BCUT2D eigenvalue weighted by molar-refractivity contribution is 8.00. The lowest BCUT2D eigenvalue weighted by atomic mass is 10.2. The van der Waals surface area contributed by atoms with Gasteiger partial charge in [0.25, 0.3) is 0 Å². The van der Waals surface area contributed by atoms with Gasteiger partial charge in [-0.2, -0.15) is 0 Å². The number of nitrogens with one attached hydrogen (secondary N) is 1. The molecule has 118 valence electrons. The minimum absolute atomic E-state index is 0.223. The number of benzene rings is 2. The van der Waals surface area contributed by atoms with E-state index >= 15 is 0 Å². The van der Waals surface area contributed by atoms with Crippen molar-refractivity contribution in [3.63, 3.8) is 0 Å². The van der Waals surface area contributed by atoms with Gasteiger partial charge in [-0.1, -0.05) is 65.1 Å². The average molecular weight is 345 g/mol. The average Bonchev–Trinajstić information content (AvgIpc) is 3.02. The van der Waals surface area contributed by atoms with Crippen molar-refractivity contribution < 1.29 is 4.39 Å². The standard InChI is InChI=1S/C17H16FN3S2/c1-12-2-4-14(5-3-12)11-22-17-21-20-16(23-17)19-10-13-6-8-15(18)9-7-13/h2-9H,10-11H2,1H3,(H,19,20). The van der Waals surface area contributed by atoms with Gasteiger partial charge in [0.2, 0.25) is 5.13 Å². The van der Waals surface area contributed by atoms with Gasteiger partial charge < -0.3 is 5.32 Å². The topological polar surface area (TPSA) is 37.8 Å². The third-order valence-corrected chi connectivity index (χ3v) is 5.33. The molecule has 0 aliphatic rings. The number of halogens is 1. The molecule has 3 rings (SSSR count). The van der Waals surface area contributed by atoms with Crippen LogP contribution in [0.4, 0.5) is 9.52 Å².